The van der Waals surface area contributed by atoms with Crippen LogP contribution in [-0.2, 0) is 4.79 Å². The lowest BCUT2D eigenvalue weighted by Crippen LogP contribution is -2.38. The van der Waals surface area contributed by atoms with Crippen molar-refractivity contribution in [3.8, 4) is 11.5 Å². The number of amides is 1. The van der Waals surface area contributed by atoms with Crippen molar-refractivity contribution in [1.82, 2.24) is 4.90 Å². The lowest BCUT2D eigenvalue weighted by atomic mass is 9.90. The molecule has 0 fully saturated rings. The number of nitrogens with zero attached hydrogens (tertiary/aromatic N) is 3. The number of rotatable bonds is 4. The van der Waals surface area contributed by atoms with E-state index in [2.05, 4.69) is 9.98 Å². The van der Waals surface area contributed by atoms with Crippen LogP contribution in [-0.4, -0.2) is 42.6 Å². The van der Waals surface area contributed by atoms with E-state index in [1.165, 1.54) is 0 Å². The van der Waals surface area contributed by atoms with E-state index in [0.29, 0.717) is 23.2 Å². The molecule has 0 spiro atoms. The second-order valence-corrected chi connectivity index (χ2v) is 7.04. The average molecular weight is 398 g/mol. The number of fused-ring (bicyclic) bond motifs is 1. The number of allylic oxidation sites excluding steroid dienone is 2. The van der Waals surface area contributed by atoms with E-state index in [0.717, 1.165) is 23.4 Å². The number of amidine groups is 1. The van der Waals surface area contributed by atoms with E-state index in [1.807, 2.05) is 30.5 Å². The largest absolute Gasteiger partial charge is 0.493 e. The Bertz CT molecular complexity index is 962. The van der Waals surface area contributed by atoms with Gasteiger partial charge in [0.1, 0.15) is 11.0 Å². The highest BCUT2D eigenvalue weighted by Crippen LogP contribution is 2.40. The van der Waals surface area contributed by atoms with Gasteiger partial charge < -0.3 is 9.47 Å². The smallest absolute Gasteiger partial charge is 0.240 e. The highest BCUT2D eigenvalue weighted by atomic mass is 35.5. The molecule has 1 amide bonds. The molecule has 7 heteroatoms. The van der Waals surface area contributed by atoms with Crippen molar-refractivity contribution in [3.05, 3.63) is 54.4 Å². The van der Waals surface area contributed by atoms with Gasteiger partial charge in [-0.05, 0) is 35.8 Å². The summed E-state index contributed by atoms with van der Waals surface area (Å²) in [7, 11) is 3.22. The minimum atomic E-state index is -0.349. The van der Waals surface area contributed by atoms with Crippen LogP contribution >= 0.6 is 11.6 Å². The fourth-order valence-electron chi connectivity index (χ4n) is 3.61. The first-order chi connectivity index (χ1) is 13.6. The first kappa shape index (κ1) is 18.5. The third kappa shape index (κ3) is 3.24. The second kappa shape index (κ2) is 7.64. The summed E-state index contributed by atoms with van der Waals surface area (Å²) >= 11 is 5.88. The van der Waals surface area contributed by atoms with Gasteiger partial charge in [-0.25, -0.2) is 4.99 Å². The van der Waals surface area contributed by atoms with E-state index >= 15 is 0 Å². The van der Waals surface area contributed by atoms with Crippen LogP contribution in [0.2, 0.25) is 0 Å². The number of carbonyl (C=O) groups is 1. The number of benzene rings is 1. The van der Waals surface area contributed by atoms with Crippen LogP contribution in [0.3, 0.4) is 0 Å². The molecule has 0 N–H and O–H groups in total. The summed E-state index contributed by atoms with van der Waals surface area (Å²) in [4.78, 5) is 23.5. The number of dihydropyridines is 1. The topological polar surface area (TPSA) is 63.5 Å². The summed E-state index contributed by atoms with van der Waals surface area (Å²) in [6.07, 6.45) is 9.91. The van der Waals surface area contributed by atoms with E-state index in [9.17, 15) is 4.79 Å². The molecule has 0 aliphatic carbocycles. The number of ether oxygens (including phenoxy) is 2. The molecule has 0 aromatic heterocycles. The maximum atomic E-state index is 13.1. The second-order valence-electron chi connectivity index (χ2n) is 6.65. The molecule has 2 unspecified atom stereocenters. The number of aliphatic imine (C=N–C) groups is 2. The predicted molar refractivity (Wildman–Crippen MR) is 110 cm³/mol. The molecule has 6 nitrogen and oxygen atoms in total. The summed E-state index contributed by atoms with van der Waals surface area (Å²) in [5, 5.41) is 0.419. The van der Waals surface area contributed by atoms with Gasteiger partial charge in [-0.1, -0.05) is 29.8 Å². The molecule has 0 bridgehead atoms. The van der Waals surface area contributed by atoms with Gasteiger partial charge >= 0.3 is 0 Å². The van der Waals surface area contributed by atoms with Crippen LogP contribution in [0.1, 0.15) is 12.0 Å². The van der Waals surface area contributed by atoms with Crippen molar-refractivity contribution >= 4 is 34.1 Å². The Labute approximate surface area is 168 Å². The Balaban J connectivity index is 1.69. The highest BCUT2D eigenvalue weighted by Gasteiger charge is 2.38. The van der Waals surface area contributed by atoms with Gasteiger partial charge in [-0.15, -0.1) is 0 Å². The Morgan fingerprint density at radius 2 is 2.07 bits per heavy atom. The first-order valence-corrected chi connectivity index (χ1v) is 9.38. The van der Waals surface area contributed by atoms with E-state index in [-0.39, 0.29) is 17.7 Å². The first-order valence-electron chi connectivity index (χ1n) is 9.00. The van der Waals surface area contributed by atoms with Crippen molar-refractivity contribution < 1.29 is 14.3 Å². The molecule has 144 valence electrons. The van der Waals surface area contributed by atoms with E-state index in [1.54, 1.807) is 37.5 Å². The molecule has 0 saturated heterocycles. The van der Waals surface area contributed by atoms with E-state index < -0.39 is 0 Å². The summed E-state index contributed by atoms with van der Waals surface area (Å²) in [5.74, 6) is 1.67. The van der Waals surface area contributed by atoms with Crippen LogP contribution in [0.25, 0.3) is 5.57 Å². The lowest BCUT2D eigenvalue weighted by molar-refractivity contribution is -0.127. The van der Waals surface area contributed by atoms with Crippen LogP contribution in [0.5, 0.6) is 11.5 Å². The fraction of sp³-hybridized carbons (Fsp3) is 0.286. The lowest BCUT2D eigenvalue weighted by Gasteiger charge is -2.24. The monoisotopic (exact) mass is 397 g/mol. The van der Waals surface area contributed by atoms with Crippen LogP contribution in [0.15, 0.2) is 58.8 Å². The zero-order valence-electron chi connectivity index (χ0n) is 15.6. The van der Waals surface area contributed by atoms with Gasteiger partial charge in [0.25, 0.3) is 0 Å². The highest BCUT2D eigenvalue weighted by molar-refractivity contribution is 6.68. The van der Waals surface area contributed by atoms with Crippen molar-refractivity contribution in [3.63, 3.8) is 0 Å². The SMILES string of the molecule is COc1ccc(C2=CN(C(=O)C3C=CC(Cl)=NC3)C3=NC=CCC23)cc1OC. The Kier molecular flexibility index (Phi) is 5.05. The minimum absolute atomic E-state index is 0.0201. The Morgan fingerprint density at radius 1 is 1.25 bits per heavy atom. The molecule has 1 aromatic carbocycles. The number of carbonyl (C=O) groups excluding carboxylic acids is 1. The molecule has 4 rings (SSSR count). The predicted octanol–water partition coefficient (Wildman–Crippen LogP) is 3.64. The molecular formula is C21H20ClN3O3. The van der Waals surface area contributed by atoms with Gasteiger partial charge in [-0.3, -0.25) is 14.7 Å². The van der Waals surface area contributed by atoms with Gasteiger partial charge in [0.05, 0.1) is 26.7 Å². The summed E-state index contributed by atoms with van der Waals surface area (Å²) < 4.78 is 10.8. The van der Waals surface area contributed by atoms with Gasteiger partial charge in [0, 0.05) is 18.3 Å². The maximum Gasteiger partial charge on any atom is 0.240 e. The molecule has 0 radical (unpaired) electrons. The Morgan fingerprint density at radius 3 is 2.79 bits per heavy atom. The molecule has 0 saturated carbocycles. The average Bonchev–Trinajstić information content (AvgIpc) is 3.13. The van der Waals surface area contributed by atoms with Crippen molar-refractivity contribution in [1.29, 1.82) is 0 Å². The summed E-state index contributed by atoms with van der Waals surface area (Å²) in [6, 6.07) is 5.77. The standard InChI is InChI=1S/C21H20ClN3O3/c1-27-17-7-5-13(10-18(17)28-2)16-12-25(20-15(16)4-3-9-23-20)21(26)14-6-8-19(22)24-11-14/h3,5-10,12,14-15H,4,11H2,1-2H3. The third-order valence-corrected chi connectivity index (χ3v) is 5.31. The van der Waals surface area contributed by atoms with Crippen LogP contribution in [0.4, 0.5) is 0 Å². The normalized spacial score (nSPS) is 23.0. The van der Waals surface area contributed by atoms with E-state index in [4.69, 9.17) is 21.1 Å². The van der Waals surface area contributed by atoms with Crippen molar-refractivity contribution in [2.45, 2.75) is 6.42 Å². The van der Waals surface area contributed by atoms with Gasteiger partial charge in [-0.2, -0.15) is 0 Å². The minimum Gasteiger partial charge on any atom is -0.493 e. The molecule has 2 atom stereocenters. The zero-order valence-corrected chi connectivity index (χ0v) is 16.4. The molecule has 3 aliphatic heterocycles. The van der Waals surface area contributed by atoms with Crippen LogP contribution < -0.4 is 9.47 Å². The molecule has 1 aromatic rings. The van der Waals surface area contributed by atoms with Gasteiger partial charge in [0.2, 0.25) is 5.91 Å². The molecule has 3 aliphatic rings. The van der Waals surface area contributed by atoms with Crippen molar-refractivity contribution in [2.24, 2.45) is 21.8 Å². The zero-order chi connectivity index (χ0) is 19.7. The van der Waals surface area contributed by atoms with Crippen molar-refractivity contribution in [2.75, 3.05) is 20.8 Å². The molecule has 28 heavy (non-hydrogen) atoms. The maximum absolute atomic E-state index is 13.1. The summed E-state index contributed by atoms with van der Waals surface area (Å²) in [5.41, 5.74) is 2.00. The number of hydrogen-bond donors (Lipinski definition) is 0. The number of methoxy groups -OCH3 is 2. The molecule has 3 heterocycles. The number of hydrogen-bond acceptors (Lipinski definition) is 5. The Hall–Kier alpha value is -2.86. The summed E-state index contributed by atoms with van der Waals surface area (Å²) in [6.45, 7) is 0.345. The molecular weight excluding hydrogens is 378 g/mol. The fourth-order valence-corrected chi connectivity index (χ4v) is 3.76. The van der Waals surface area contributed by atoms with Crippen LogP contribution in [0, 0.1) is 11.8 Å². The third-order valence-electron chi connectivity index (χ3n) is 5.06. The number of halogens is 1. The van der Waals surface area contributed by atoms with Gasteiger partial charge in [0.15, 0.2) is 11.5 Å². The quantitative estimate of drug-likeness (QED) is 0.779.